The Balaban J connectivity index is 2.19. The highest BCUT2D eigenvalue weighted by atomic mass is 16.5. The van der Waals surface area contributed by atoms with Gasteiger partial charge in [-0.2, -0.15) is 0 Å². The fourth-order valence-electron chi connectivity index (χ4n) is 2.45. The van der Waals surface area contributed by atoms with Crippen LogP contribution in [-0.2, 0) is 5.41 Å². The van der Waals surface area contributed by atoms with Gasteiger partial charge < -0.3 is 10.1 Å². The number of nitrogens with two attached hydrogens (primary N) is 1. The van der Waals surface area contributed by atoms with Gasteiger partial charge in [0.2, 0.25) is 0 Å². The molecule has 0 radical (unpaired) electrons. The van der Waals surface area contributed by atoms with Crippen LogP contribution in [-0.4, -0.2) is 19.7 Å². The van der Waals surface area contributed by atoms with Gasteiger partial charge in [0.1, 0.15) is 5.75 Å². The fraction of sp³-hybridized carbons (Fsp3) is 0.684. The third-order valence-corrected chi connectivity index (χ3v) is 3.77. The Bertz CT molecular complexity index is 381. The summed E-state index contributed by atoms with van der Waals surface area (Å²) in [5, 5.41) is 2.44. The van der Waals surface area contributed by atoms with Crippen molar-refractivity contribution in [1.29, 1.82) is 0 Å². The summed E-state index contributed by atoms with van der Waals surface area (Å²) >= 11 is 0. The molecule has 1 aromatic carbocycles. The summed E-state index contributed by atoms with van der Waals surface area (Å²) in [6, 6.07) is 8.43. The normalized spacial score (nSPS) is 11.6. The number of hydrogen-bond donors (Lipinski definition) is 1. The first-order valence-electron chi connectivity index (χ1n) is 8.59. The fourth-order valence-corrected chi connectivity index (χ4v) is 2.45. The van der Waals surface area contributed by atoms with Crippen LogP contribution in [0.5, 0.6) is 5.75 Å². The van der Waals surface area contributed by atoms with Crippen LogP contribution >= 0.6 is 0 Å². The van der Waals surface area contributed by atoms with Crippen LogP contribution in [0.2, 0.25) is 0 Å². The average Bonchev–Trinajstić information content (AvgIpc) is 2.45. The summed E-state index contributed by atoms with van der Waals surface area (Å²) in [6.07, 6.45) is 6.36. The highest BCUT2D eigenvalue weighted by molar-refractivity contribution is 5.38. The number of ether oxygens (including phenoxy) is 1. The lowest BCUT2D eigenvalue weighted by molar-refractivity contribution is -0.655. The van der Waals surface area contributed by atoms with Gasteiger partial charge in [0.05, 0.1) is 19.7 Å². The predicted octanol–water partition coefficient (Wildman–Crippen LogP) is 3.90. The van der Waals surface area contributed by atoms with Crippen molar-refractivity contribution in [2.75, 3.05) is 19.7 Å². The number of para-hydroxylation sites is 1. The molecule has 0 aromatic heterocycles. The van der Waals surface area contributed by atoms with E-state index in [-0.39, 0.29) is 5.41 Å². The zero-order valence-electron chi connectivity index (χ0n) is 14.5. The maximum Gasteiger partial charge on any atom is 0.123 e. The maximum absolute atomic E-state index is 6.00. The molecule has 0 atom stereocenters. The minimum absolute atomic E-state index is 0.144. The molecule has 0 aliphatic rings. The highest BCUT2D eigenvalue weighted by Gasteiger charge is 2.18. The van der Waals surface area contributed by atoms with E-state index in [2.05, 4.69) is 57.3 Å². The SMILES string of the molecule is CCCC[NH2+]CCCCCOc1ccccc1C(C)(C)C. The average molecular weight is 292 g/mol. The molecule has 21 heavy (non-hydrogen) atoms. The van der Waals surface area contributed by atoms with Gasteiger partial charge in [0.25, 0.3) is 0 Å². The monoisotopic (exact) mass is 292 g/mol. The van der Waals surface area contributed by atoms with Gasteiger partial charge in [0, 0.05) is 0 Å². The van der Waals surface area contributed by atoms with E-state index in [1.165, 1.54) is 44.3 Å². The molecule has 0 bridgehead atoms. The lowest BCUT2D eigenvalue weighted by Crippen LogP contribution is -2.84. The third-order valence-electron chi connectivity index (χ3n) is 3.77. The van der Waals surface area contributed by atoms with E-state index in [1.807, 2.05) is 0 Å². The Morgan fingerprint density at radius 2 is 1.67 bits per heavy atom. The molecule has 0 heterocycles. The van der Waals surface area contributed by atoms with E-state index < -0.39 is 0 Å². The molecule has 0 fully saturated rings. The second kappa shape index (κ2) is 9.83. The number of unbranched alkanes of at least 4 members (excludes halogenated alkanes) is 3. The molecular formula is C19H34NO+. The number of benzene rings is 1. The van der Waals surface area contributed by atoms with Crippen LogP contribution in [0, 0.1) is 0 Å². The van der Waals surface area contributed by atoms with Crippen LogP contribution in [0.3, 0.4) is 0 Å². The van der Waals surface area contributed by atoms with Crippen molar-refractivity contribution in [2.45, 2.75) is 65.2 Å². The molecule has 1 rings (SSSR count). The third kappa shape index (κ3) is 7.52. The summed E-state index contributed by atoms with van der Waals surface area (Å²) in [4.78, 5) is 0. The number of hydrogen-bond acceptors (Lipinski definition) is 1. The van der Waals surface area contributed by atoms with Gasteiger partial charge in [-0.3, -0.25) is 0 Å². The predicted molar refractivity (Wildman–Crippen MR) is 91.1 cm³/mol. The van der Waals surface area contributed by atoms with Gasteiger partial charge in [-0.05, 0) is 42.7 Å². The minimum atomic E-state index is 0.144. The standard InChI is InChI=1S/C19H33NO/c1-5-6-14-20-15-10-7-11-16-21-18-13-9-8-12-17(18)19(2,3)4/h8-9,12-13,20H,5-7,10-11,14-16H2,1-4H3/p+1. The summed E-state index contributed by atoms with van der Waals surface area (Å²) in [7, 11) is 0. The zero-order chi connectivity index (χ0) is 15.6. The second-order valence-corrected chi connectivity index (χ2v) is 6.87. The Labute approximate surface area is 131 Å². The van der Waals surface area contributed by atoms with Crippen molar-refractivity contribution in [2.24, 2.45) is 0 Å². The second-order valence-electron chi connectivity index (χ2n) is 6.87. The summed E-state index contributed by atoms with van der Waals surface area (Å²) < 4.78 is 6.00. The minimum Gasteiger partial charge on any atom is -0.493 e. The first-order valence-corrected chi connectivity index (χ1v) is 8.59. The molecule has 120 valence electrons. The molecule has 2 heteroatoms. The quantitative estimate of drug-likeness (QED) is 0.650. The first kappa shape index (κ1) is 18.0. The summed E-state index contributed by atoms with van der Waals surface area (Å²) in [6.45, 7) is 12.3. The van der Waals surface area contributed by atoms with Crippen molar-refractivity contribution in [3.63, 3.8) is 0 Å². The van der Waals surface area contributed by atoms with Gasteiger partial charge in [-0.1, -0.05) is 52.3 Å². The molecule has 2 nitrogen and oxygen atoms in total. The molecule has 0 saturated carbocycles. The zero-order valence-corrected chi connectivity index (χ0v) is 14.5. The van der Waals surface area contributed by atoms with Crippen molar-refractivity contribution in [3.8, 4) is 5.75 Å². The molecule has 0 spiro atoms. The van der Waals surface area contributed by atoms with Crippen LogP contribution in [0.15, 0.2) is 24.3 Å². The number of rotatable bonds is 10. The van der Waals surface area contributed by atoms with E-state index in [0.717, 1.165) is 18.8 Å². The molecule has 0 aliphatic carbocycles. The molecule has 0 aliphatic heterocycles. The Morgan fingerprint density at radius 3 is 2.38 bits per heavy atom. The summed E-state index contributed by atoms with van der Waals surface area (Å²) in [5.74, 6) is 1.06. The molecule has 0 amide bonds. The van der Waals surface area contributed by atoms with Crippen LogP contribution in [0.25, 0.3) is 0 Å². The van der Waals surface area contributed by atoms with Crippen LogP contribution < -0.4 is 10.1 Å². The van der Waals surface area contributed by atoms with Crippen molar-refractivity contribution in [1.82, 2.24) is 0 Å². The van der Waals surface area contributed by atoms with E-state index in [1.54, 1.807) is 0 Å². The van der Waals surface area contributed by atoms with E-state index in [4.69, 9.17) is 4.74 Å². The largest absolute Gasteiger partial charge is 0.493 e. The smallest absolute Gasteiger partial charge is 0.123 e. The molecule has 1 aromatic rings. The molecular weight excluding hydrogens is 258 g/mol. The van der Waals surface area contributed by atoms with Crippen molar-refractivity contribution in [3.05, 3.63) is 29.8 Å². The topological polar surface area (TPSA) is 25.8 Å². The molecule has 0 unspecified atom stereocenters. The first-order chi connectivity index (χ1) is 10.1. The lowest BCUT2D eigenvalue weighted by Gasteiger charge is -2.22. The van der Waals surface area contributed by atoms with Crippen molar-refractivity contribution >= 4 is 0 Å². The number of quaternary nitrogens is 1. The molecule has 0 saturated heterocycles. The Kier molecular flexibility index (Phi) is 8.44. The maximum atomic E-state index is 6.00. The van der Waals surface area contributed by atoms with Crippen molar-refractivity contribution < 1.29 is 10.1 Å². The van der Waals surface area contributed by atoms with E-state index in [9.17, 15) is 0 Å². The van der Waals surface area contributed by atoms with Crippen LogP contribution in [0.4, 0.5) is 0 Å². The van der Waals surface area contributed by atoms with Gasteiger partial charge in [-0.15, -0.1) is 0 Å². The van der Waals surface area contributed by atoms with E-state index in [0.29, 0.717) is 0 Å². The Morgan fingerprint density at radius 1 is 0.952 bits per heavy atom. The molecule has 2 N–H and O–H groups in total. The van der Waals surface area contributed by atoms with Gasteiger partial charge in [0.15, 0.2) is 0 Å². The Hall–Kier alpha value is -1.02. The van der Waals surface area contributed by atoms with E-state index >= 15 is 0 Å². The highest BCUT2D eigenvalue weighted by Crippen LogP contribution is 2.30. The van der Waals surface area contributed by atoms with Crippen LogP contribution in [0.1, 0.15) is 65.4 Å². The van der Waals surface area contributed by atoms with Gasteiger partial charge >= 0.3 is 0 Å². The lowest BCUT2D eigenvalue weighted by atomic mass is 9.86. The summed E-state index contributed by atoms with van der Waals surface area (Å²) in [5.41, 5.74) is 1.45. The van der Waals surface area contributed by atoms with Gasteiger partial charge in [-0.25, -0.2) is 0 Å².